The molecule has 1 aromatic carbocycles. The number of aliphatic hydroxyl groups excluding tert-OH is 1. The van der Waals surface area contributed by atoms with Gasteiger partial charge in [-0.3, -0.25) is 14.5 Å². The van der Waals surface area contributed by atoms with Crippen molar-refractivity contribution in [2.45, 2.75) is 45.3 Å². The molecule has 0 radical (unpaired) electrons. The lowest BCUT2D eigenvalue weighted by Gasteiger charge is -2.45. The normalized spacial score (nSPS) is 21.6. The van der Waals surface area contributed by atoms with Crippen LogP contribution in [0.1, 0.15) is 26.3 Å². The third kappa shape index (κ3) is 4.36. The molecule has 2 amide bonds. The van der Waals surface area contributed by atoms with Crippen molar-refractivity contribution in [3.63, 3.8) is 0 Å². The first-order chi connectivity index (χ1) is 13.4. The summed E-state index contributed by atoms with van der Waals surface area (Å²) < 4.78 is 0. The number of β-amino-alcohol motifs (C(OH)–C–C–N with tert-alkyl or cyclic N) is 1. The quantitative estimate of drug-likeness (QED) is 0.694. The second-order valence-electron chi connectivity index (χ2n) is 7.72. The molecule has 1 aliphatic heterocycles. The zero-order chi connectivity index (χ0) is 20.3. The Kier molecular flexibility index (Phi) is 6.36. The van der Waals surface area contributed by atoms with Gasteiger partial charge in [-0.25, -0.2) is 0 Å². The fourth-order valence-corrected chi connectivity index (χ4v) is 4.28. The van der Waals surface area contributed by atoms with E-state index in [9.17, 15) is 14.7 Å². The number of aromatic nitrogens is 1. The third-order valence-corrected chi connectivity index (χ3v) is 5.55. The van der Waals surface area contributed by atoms with E-state index in [1.807, 2.05) is 35.4 Å². The summed E-state index contributed by atoms with van der Waals surface area (Å²) in [6.07, 6.45) is 2.36. The van der Waals surface area contributed by atoms with Gasteiger partial charge in [0, 0.05) is 62.2 Å². The van der Waals surface area contributed by atoms with Crippen molar-refractivity contribution in [1.29, 1.82) is 0 Å². The highest BCUT2D eigenvalue weighted by Gasteiger charge is 2.34. The number of aliphatic hydroxyl groups is 1. The van der Waals surface area contributed by atoms with Crippen LogP contribution in [0.5, 0.6) is 0 Å². The molecule has 28 heavy (non-hydrogen) atoms. The van der Waals surface area contributed by atoms with E-state index in [4.69, 9.17) is 0 Å². The maximum Gasteiger partial charge on any atom is 0.245 e. The van der Waals surface area contributed by atoms with Crippen molar-refractivity contribution in [2.75, 3.05) is 26.2 Å². The molecule has 3 N–H and O–H groups in total. The molecule has 0 bridgehead atoms. The van der Waals surface area contributed by atoms with Gasteiger partial charge in [0.25, 0.3) is 0 Å². The molecule has 0 aliphatic carbocycles. The Morgan fingerprint density at radius 2 is 1.93 bits per heavy atom. The summed E-state index contributed by atoms with van der Waals surface area (Å²) in [5.74, 6) is -0.263. The molecule has 2 aromatic rings. The number of nitrogens with zero attached hydrogens (tertiary/aromatic N) is 2. The number of carbonyl (C=O) groups excluding carboxylic acids is 2. The largest absolute Gasteiger partial charge is 0.395 e. The van der Waals surface area contributed by atoms with E-state index < -0.39 is 6.04 Å². The number of fused-ring (bicyclic) bond motifs is 1. The Balaban J connectivity index is 1.78. The maximum absolute atomic E-state index is 13.3. The standard InChI is InChI=1S/C21H30N4O3/c1-14-12-24(13-15(2)25(14)8-9-26)21(28)20(23-16(3)27)10-17-11-22-19-7-5-4-6-18(17)19/h4-7,11,14-15,20,22,26H,8-10,12-13H2,1-3H3,(H,23,27)/t14-,15+,20?. The third-order valence-electron chi connectivity index (χ3n) is 5.55. The lowest BCUT2D eigenvalue weighted by molar-refractivity contribution is -0.140. The van der Waals surface area contributed by atoms with E-state index in [1.165, 1.54) is 6.92 Å². The van der Waals surface area contributed by atoms with Gasteiger partial charge in [-0.15, -0.1) is 0 Å². The number of amides is 2. The summed E-state index contributed by atoms with van der Waals surface area (Å²) in [6, 6.07) is 7.68. The average Bonchev–Trinajstić information content (AvgIpc) is 3.06. The lowest BCUT2D eigenvalue weighted by atomic mass is 10.0. The molecule has 1 fully saturated rings. The van der Waals surface area contributed by atoms with Crippen molar-refractivity contribution < 1.29 is 14.7 Å². The van der Waals surface area contributed by atoms with Crippen LogP contribution in [0.25, 0.3) is 10.9 Å². The van der Waals surface area contributed by atoms with E-state index in [2.05, 4.69) is 29.0 Å². The van der Waals surface area contributed by atoms with Crippen LogP contribution in [0.2, 0.25) is 0 Å². The molecule has 1 unspecified atom stereocenters. The Morgan fingerprint density at radius 1 is 1.25 bits per heavy atom. The predicted molar refractivity (Wildman–Crippen MR) is 109 cm³/mol. The molecule has 152 valence electrons. The fraction of sp³-hybridized carbons (Fsp3) is 0.524. The molecule has 7 heteroatoms. The van der Waals surface area contributed by atoms with Gasteiger partial charge < -0.3 is 20.3 Å². The summed E-state index contributed by atoms with van der Waals surface area (Å²) >= 11 is 0. The number of hydrogen-bond donors (Lipinski definition) is 3. The number of piperazine rings is 1. The van der Waals surface area contributed by atoms with Crippen LogP contribution in [-0.4, -0.2) is 76.1 Å². The van der Waals surface area contributed by atoms with Crippen LogP contribution >= 0.6 is 0 Å². The van der Waals surface area contributed by atoms with Gasteiger partial charge in [0.2, 0.25) is 11.8 Å². The Labute approximate surface area is 165 Å². The summed E-state index contributed by atoms with van der Waals surface area (Å²) in [6.45, 7) is 7.48. The van der Waals surface area contributed by atoms with Crippen LogP contribution in [0.3, 0.4) is 0 Å². The smallest absolute Gasteiger partial charge is 0.245 e. The summed E-state index contributed by atoms with van der Waals surface area (Å²) in [5.41, 5.74) is 2.04. The van der Waals surface area contributed by atoms with Crippen LogP contribution in [0.15, 0.2) is 30.5 Å². The van der Waals surface area contributed by atoms with Gasteiger partial charge >= 0.3 is 0 Å². The number of para-hydroxylation sites is 1. The highest BCUT2D eigenvalue weighted by atomic mass is 16.3. The second-order valence-corrected chi connectivity index (χ2v) is 7.72. The minimum absolute atomic E-state index is 0.0529. The van der Waals surface area contributed by atoms with Crippen molar-refractivity contribution in [2.24, 2.45) is 0 Å². The molecule has 1 aliphatic rings. The molecule has 1 saturated heterocycles. The second kappa shape index (κ2) is 8.75. The molecule has 0 saturated carbocycles. The number of H-pyrrole nitrogens is 1. The summed E-state index contributed by atoms with van der Waals surface area (Å²) in [5, 5.41) is 13.2. The number of benzene rings is 1. The van der Waals surface area contributed by atoms with Gasteiger partial charge in [0.1, 0.15) is 6.04 Å². The van der Waals surface area contributed by atoms with Gasteiger partial charge in [-0.1, -0.05) is 18.2 Å². The number of carbonyl (C=O) groups is 2. The average molecular weight is 386 g/mol. The van der Waals surface area contributed by atoms with Crippen LogP contribution < -0.4 is 5.32 Å². The topological polar surface area (TPSA) is 88.7 Å². The van der Waals surface area contributed by atoms with E-state index >= 15 is 0 Å². The molecular weight excluding hydrogens is 356 g/mol. The van der Waals surface area contributed by atoms with Crippen molar-refractivity contribution in [1.82, 2.24) is 20.1 Å². The monoisotopic (exact) mass is 386 g/mol. The molecule has 2 heterocycles. The zero-order valence-electron chi connectivity index (χ0n) is 16.8. The molecular formula is C21H30N4O3. The molecule has 7 nitrogen and oxygen atoms in total. The number of rotatable bonds is 6. The Hall–Kier alpha value is -2.38. The van der Waals surface area contributed by atoms with Crippen molar-refractivity contribution in [3.8, 4) is 0 Å². The first kappa shape index (κ1) is 20.4. The minimum Gasteiger partial charge on any atom is -0.395 e. The number of hydrogen-bond acceptors (Lipinski definition) is 4. The van der Waals surface area contributed by atoms with E-state index in [1.54, 1.807) is 0 Å². The first-order valence-electron chi connectivity index (χ1n) is 9.88. The summed E-state index contributed by atoms with van der Waals surface area (Å²) in [4.78, 5) is 32.4. The van der Waals surface area contributed by atoms with Gasteiger partial charge in [0.15, 0.2) is 0 Å². The molecule has 1 aromatic heterocycles. The predicted octanol–water partition coefficient (Wildman–Crippen LogP) is 1.13. The Morgan fingerprint density at radius 3 is 2.57 bits per heavy atom. The number of aromatic amines is 1. The van der Waals surface area contributed by atoms with Crippen molar-refractivity contribution in [3.05, 3.63) is 36.0 Å². The minimum atomic E-state index is -0.597. The zero-order valence-corrected chi connectivity index (χ0v) is 16.8. The van der Waals surface area contributed by atoms with E-state index in [0.29, 0.717) is 26.1 Å². The van der Waals surface area contributed by atoms with Gasteiger partial charge in [0.05, 0.1) is 6.61 Å². The molecule has 0 spiro atoms. The van der Waals surface area contributed by atoms with Crippen LogP contribution in [-0.2, 0) is 16.0 Å². The summed E-state index contributed by atoms with van der Waals surface area (Å²) in [7, 11) is 0. The highest BCUT2D eigenvalue weighted by Crippen LogP contribution is 2.21. The lowest BCUT2D eigenvalue weighted by Crippen LogP contribution is -2.61. The molecule has 3 rings (SSSR count). The fourth-order valence-electron chi connectivity index (χ4n) is 4.28. The van der Waals surface area contributed by atoms with Crippen molar-refractivity contribution >= 4 is 22.7 Å². The van der Waals surface area contributed by atoms with Gasteiger partial charge in [-0.2, -0.15) is 0 Å². The maximum atomic E-state index is 13.3. The molecule has 3 atom stereocenters. The SMILES string of the molecule is CC(=O)NC(Cc1c[nH]c2ccccc12)C(=O)N1C[C@@H](C)N(CCO)[C@@H](C)C1. The first-order valence-corrected chi connectivity index (χ1v) is 9.88. The number of nitrogens with one attached hydrogen (secondary N) is 2. The van der Waals surface area contributed by atoms with Crippen LogP contribution in [0.4, 0.5) is 0 Å². The van der Waals surface area contributed by atoms with Crippen LogP contribution in [0, 0.1) is 0 Å². The Bertz CT molecular complexity index is 822. The highest BCUT2D eigenvalue weighted by molar-refractivity contribution is 5.89. The van der Waals surface area contributed by atoms with E-state index in [-0.39, 0.29) is 30.5 Å². The van der Waals surface area contributed by atoms with E-state index in [0.717, 1.165) is 16.5 Å². The van der Waals surface area contributed by atoms with Gasteiger partial charge in [-0.05, 0) is 25.5 Å².